The highest BCUT2D eigenvalue weighted by molar-refractivity contribution is 6.30. The van der Waals surface area contributed by atoms with Crippen LogP contribution in [0.15, 0.2) is 24.3 Å². The lowest BCUT2D eigenvalue weighted by atomic mass is 10.1. The Morgan fingerprint density at radius 1 is 1.39 bits per heavy atom. The highest BCUT2D eigenvalue weighted by atomic mass is 35.5. The van der Waals surface area contributed by atoms with E-state index >= 15 is 0 Å². The van der Waals surface area contributed by atoms with Crippen LogP contribution in [-0.2, 0) is 4.79 Å². The van der Waals surface area contributed by atoms with Crippen LogP contribution in [0.4, 0.5) is 5.69 Å². The summed E-state index contributed by atoms with van der Waals surface area (Å²) in [5.41, 5.74) is 0.904. The molecule has 3 heteroatoms. The lowest BCUT2D eigenvalue weighted by Gasteiger charge is -2.25. The highest BCUT2D eigenvalue weighted by Gasteiger charge is 2.20. The fraction of sp³-hybridized carbons (Fsp3) is 0.533. The molecule has 0 radical (unpaired) electrons. The molecule has 1 aromatic carbocycles. The number of amides is 1. The average molecular weight is 268 g/mol. The lowest BCUT2D eigenvalue weighted by Crippen LogP contribution is -2.35. The SMILES string of the molecule is CCCCN(C(=O)C(C)CC)c1cccc(Cl)c1. The van der Waals surface area contributed by atoms with Crippen LogP contribution in [0.2, 0.25) is 5.02 Å². The van der Waals surface area contributed by atoms with Crippen LogP contribution in [0.25, 0.3) is 0 Å². The Morgan fingerprint density at radius 3 is 2.67 bits per heavy atom. The monoisotopic (exact) mass is 267 g/mol. The van der Waals surface area contributed by atoms with Crippen molar-refractivity contribution in [2.24, 2.45) is 5.92 Å². The van der Waals surface area contributed by atoms with E-state index in [1.54, 1.807) is 0 Å². The molecule has 1 atom stereocenters. The Bertz CT molecular complexity index is 392. The van der Waals surface area contributed by atoms with E-state index in [9.17, 15) is 4.79 Å². The number of carbonyl (C=O) groups is 1. The fourth-order valence-electron chi connectivity index (χ4n) is 1.77. The molecule has 0 aromatic heterocycles. The molecule has 0 N–H and O–H groups in total. The standard InChI is InChI=1S/C15H22ClNO/c1-4-6-10-17(15(18)12(3)5-2)14-9-7-8-13(16)11-14/h7-9,11-12H,4-6,10H2,1-3H3. The second kappa shape index (κ2) is 7.42. The van der Waals surface area contributed by atoms with Crippen molar-refractivity contribution in [1.82, 2.24) is 0 Å². The average Bonchev–Trinajstić information content (AvgIpc) is 2.38. The lowest BCUT2D eigenvalue weighted by molar-refractivity contribution is -0.122. The van der Waals surface area contributed by atoms with Gasteiger partial charge in [0.1, 0.15) is 0 Å². The van der Waals surface area contributed by atoms with E-state index in [4.69, 9.17) is 11.6 Å². The predicted octanol–water partition coefficient (Wildman–Crippen LogP) is 4.52. The number of unbranched alkanes of at least 4 members (excludes halogenated alkanes) is 1. The minimum Gasteiger partial charge on any atom is -0.312 e. The third-order valence-corrected chi connectivity index (χ3v) is 3.39. The van der Waals surface area contributed by atoms with Gasteiger partial charge in [-0.05, 0) is 31.0 Å². The van der Waals surface area contributed by atoms with Crippen LogP contribution in [0.5, 0.6) is 0 Å². The summed E-state index contributed by atoms with van der Waals surface area (Å²) < 4.78 is 0. The number of rotatable bonds is 6. The molecule has 0 bridgehead atoms. The van der Waals surface area contributed by atoms with Crippen LogP contribution in [0.1, 0.15) is 40.0 Å². The molecule has 0 saturated heterocycles. The summed E-state index contributed by atoms with van der Waals surface area (Å²) >= 11 is 6.00. The van der Waals surface area contributed by atoms with Crippen molar-refractivity contribution in [2.45, 2.75) is 40.0 Å². The first-order valence-corrected chi connectivity index (χ1v) is 7.04. The van der Waals surface area contributed by atoms with E-state index in [0.717, 1.165) is 31.5 Å². The van der Waals surface area contributed by atoms with Gasteiger partial charge in [-0.25, -0.2) is 0 Å². The van der Waals surface area contributed by atoms with Crippen molar-refractivity contribution in [3.63, 3.8) is 0 Å². The molecule has 1 unspecified atom stereocenters. The number of hydrogen-bond donors (Lipinski definition) is 0. The molecule has 1 amide bonds. The maximum atomic E-state index is 12.4. The van der Waals surface area contributed by atoms with Crippen molar-refractivity contribution in [3.8, 4) is 0 Å². The normalized spacial score (nSPS) is 12.2. The molecule has 0 spiro atoms. The van der Waals surface area contributed by atoms with Gasteiger partial charge in [-0.2, -0.15) is 0 Å². The quantitative estimate of drug-likeness (QED) is 0.742. The van der Waals surface area contributed by atoms with E-state index in [2.05, 4.69) is 6.92 Å². The Morgan fingerprint density at radius 2 is 2.11 bits per heavy atom. The van der Waals surface area contributed by atoms with E-state index in [-0.39, 0.29) is 11.8 Å². The smallest absolute Gasteiger partial charge is 0.229 e. The molecule has 18 heavy (non-hydrogen) atoms. The van der Waals surface area contributed by atoms with Gasteiger partial charge in [-0.15, -0.1) is 0 Å². The molecule has 0 fully saturated rings. The first-order valence-electron chi connectivity index (χ1n) is 6.67. The molecule has 1 rings (SSSR count). The zero-order valence-electron chi connectivity index (χ0n) is 11.4. The maximum absolute atomic E-state index is 12.4. The summed E-state index contributed by atoms with van der Waals surface area (Å²) in [6.45, 7) is 6.91. The van der Waals surface area contributed by atoms with Gasteiger partial charge in [0, 0.05) is 23.2 Å². The van der Waals surface area contributed by atoms with Crippen LogP contribution in [0, 0.1) is 5.92 Å². The first-order chi connectivity index (χ1) is 8.60. The Kier molecular flexibility index (Phi) is 6.20. The van der Waals surface area contributed by atoms with E-state index in [0.29, 0.717) is 5.02 Å². The number of benzene rings is 1. The summed E-state index contributed by atoms with van der Waals surface area (Å²) in [6.07, 6.45) is 2.95. The van der Waals surface area contributed by atoms with Gasteiger partial charge < -0.3 is 4.90 Å². The Balaban J connectivity index is 2.93. The second-order valence-corrected chi connectivity index (χ2v) is 5.07. The molecule has 100 valence electrons. The van der Waals surface area contributed by atoms with Gasteiger partial charge in [0.05, 0.1) is 0 Å². The first kappa shape index (κ1) is 15.0. The Hall–Kier alpha value is -1.02. The van der Waals surface area contributed by atoms with E-state index in [1.807, 2.05) is 43.0 Å². The number of hydrogen-bond acceptors (Lipinski definition) is 1. The maximum Gasteiger partial charge on any atom is 0.229 e. The van der Waals surface area contributed by atoms with Crippen molar-refractivity contribution < 1.29 is 4.79 Å². The predicted molar refractivity (Wildman–Crippen MR) is 78.2 cm³/mol. The molecule has 0 heterocycles. The largest absolute Gasteiger partial charge is 0.312 e. The molecule has 0 aliphatic rings. The van der Waals surface area contributed by atoms with Crippen LogP contribution >= 0.6 is 11.6 Å². The molecular weight excluding hydrogens is 246 g/mol. The number of halogens is 1. The van der Waals surface area contributed by atoms with Gasteiger partial charge in [0.15, 0.2) is 0 Å². The van der Waals surface area contributed by atoms with E-state index < -0.39 is 0 Å². The third kappa shape index (κ3) is 4.02. The van der Waals surface area contributed by atoms with Gasteiger partial charge >= 0.3 is 0 Å². The molecule has 2 nitrogen and oxygen atoms in total. The summed E-state index contributed by atoms with van der Waals surface area (Å²) in [7, 11) is 0. The van der Waals surface area contributed by atoms with Crippen molar-refractivity contribution in [1.29, 1.82) is 0 Å². The van der Waals surface area contributed by atoms with Gasteiger partial charge in [0.2, 0.25) is 5.91 Å². The zero-order chi connectivity index (χ0) is 13.5. The Labute approximate surface area is 115 Å². The van der Waals surface area contributed by atoms with Crippen molar-refractivity contribution in [3.05, 3.63) is 29.3 Å². The molecule has 0 aliphatic heterocycles. The van der Waals surface area contributed by atoms with Gasteiger partial charge in [0.25, 0.3) is 0 Å². The van der Waals surface area contributed by atoms with E-state index in [1.165, 1.54) is 0 Å². The summed E-state index contributed by atoms with van der Waals surface area (Å²) in [5, 5.41) is 0.672. The number of nitrogens with zero attached hydrogens (tertiary/aromatic N) is 1. The fourth-order valence-corrected chi connectivity index (χ4v) is 1.95. The number of carbonyl (C=O) groups excluding carboxylic acids is 1. The minimum atomic E-state index is 0.0563. The van der Waals surface area contributed by atoms with Gasteiger partial charge in [-0.3, -0.25) is 4.79 Å². The van der Waals surface area contributed by atoms with Crippen LogP contribution < -0.4 is 4.90 Å². The molecular formula is C15H22ClNO. The molecule has 1 aromatic rings. The highest BCUT2D eigenvalue weighted by Crippen LogP contribution is 2.22. The van der Waals surface area contributed by atoms with Crippen LogP contribution in [0.3, 0.4) is 0 Å². The summed E-state index contributed by atoms with van der Waals surface area (Å²) in [4.78, 5) is 14.2. The molecule has 0 saturated carbocycles. The number of anilines is 1. The van der Waals surface area contributed by atoms with Crippen molar-refractivity contribution >= 4 is 23.2 Å². The topological polar surface area (TPSA) is 20.3 Å². The van der Waals surface area contributed by atoms with Crippen LogP contribution in [-0.4, -0.2) is 12.5 Å². The molecule has 0 aliphatic carbocycles. The zero-order valence-corrected chi connectivity index (χ0v) is 12.2. The third-order valence-electron chi connectivity index (χ3n) is 3.16. The summed E-state index contributed by atoms with van der Waals surface area (Å²) in [6, 6.07) is 7.52. The van der Waals surface area contributed by atoms with Gasteiger partial charge in [-0.1, -0.05) is 44.9 Å². The minimum absolute atomic E-state index is 0.0563. The summed E-state index contributed by atoms with van der Waals surface area (Å²) in [5.74, 6) is 0.244. The second-order valence-electron chi connectivity index (χ2n) is 4.63. The van der Waals surface area contributed by atoms with Crippen molar-refractivity contribution in [2.75, 3.05) is 11.4 Å².